The first kappa shape index (κ1) is 17.5. The molecule has 0 radical (unpaired) electrons. The summed E-state index contributed by atoms with van der Waals surface area (Å²) in [4.78, 5) is 15.2. The summed E-state index contributed by atoms with van der Waals surface area (Å²) in [6, 6.07) is 15.9. The maximum absolute atomic E-state index is 12.9. The summed E-state index contributed by atoms with van der Waals surface area (Å²) in [5.41, 5.74) is 5.54. The first-order chi connectivity index (χ1) is 13.1. The van der Waals surface area contributed by atoms with E-state index in [1.165, 1.54) is 10.7 Å². The minimum absolute atomic E-state index is 0.0876. The zero-order valence-electron chi connectivity index (χ0n) is 15.7. The van der Waals surface area contributed by atoms with E-state index >= 15 is 0 Å². The molecule has 4 rings (SSSR count). The monoisotopic (exact) mass is 361 g/mol. The Kier molecular flexibility index (Phi) is 4.77. The number of anilines is 2. The number of aryl methyl sites for hydroxylation is 1. The standard InChI is InChI=1S/C22H23N3O2/c1-16-14-20(24-10-12-27-13-11-24)9-8-18(16)15-21-17(2)23-25(22(21)26)19-6-4-3-5-7-19/h3-9,14-15H,10-13H2,1-2H3. The first-order valence-corrected chi connectivity index (χ1v) is 9.23. The zero-order chi connectivity index (χ0) is 18.8. The Morgan fingerprint density at radius 1 is 1.00 bits per heavy atom. The van der Waals surface area contributed by atoms with Crippen molar-refractivity contribution < 1.29 is 9.53 Å². The zero-order valence-corrected chi connectivity index (χ0v) is 15.7. The molecule has 2 aliphatic rings. The van der Waals surface area contributed by atoms with Gasteiger partial charge in [-0.05, 0) is 55.3 Å². The number of rotatable bonds is 3. The summed E-state index contributed by atoms with van der Waals surface area (Å²) >= 11 is 0. The molecular weight excluding hydrogens is 338 g/mol. The SMILES string of the molecule is CC1=NN(c2ccccc2)C(=O)C1=Cc1ccc(N2CCOCC2)cc1C. The number of carbonyl (C=O) groups is 1. The third-order valence-corrected chi connectivity index (χ3v) is 4.99. The lowest BCUT2D eigenvalue weighted by molar-refractivity contribution is -0.114. The highest BCUT2D eigenvalue weighted by atomic mass is 16.5. The van der Waals surface area contributed by atoms with Gasteiger partial charge in [0.25, 0.3) is 5.91 Å². The molecule has 2 aliphatic heterocycles. The van der Waals surface area contributed by atoms with Crippen molar-refractivity contribution in [1.29, 1.82) is 0 Å². The molecule has 0 saturated carbocycles. The molecule has 0 unspecified atom stereocenters. The van der Waals surface area contributed by atoms with E-state index in [0.29, 0.717) is 5.57 Å². The summed E-state index contributed by atoms with van der Waals surface area (Å²) in [6.07, 6.45) is 1.95. The van der Waals surface area contributed by atoms with Gasteiger partial charge in [-0.1, -0.05) is 24.3 Å². The maximum Gasteiger partial charge on any atom is 0.280 e. The average Bonchev–Trinajstić information content (AvgIpc) is 2.99. The van der Waals surface area contributed by atoms with Crippen LogP contribution in [0.3, 0.4) is 0 Å². The second-order valence-electron chi connectivity index (χ2n) is 6.84. The van der Waals surface area contributed by atoms with Gasteiger partial charge in [0, 0.05) is 18.8 Å². The van der Waals surface area contributed by atoms with Crippen molar-refractivity contribution in [3.8, 4) is 0 Å². The molecule has 5 nitrogen and oxygen atoms in total. The van der Waals surface area contributed by atoms with Gasteiger partial charge in [-0.3, -0.25) is 4.79 Å². The minimum atomic E-state index is -0.0876. The number of ether oxygens (including phenoxy) is 1. The van der Waals surface area contributed by atoms with E-state index in [1.54, 1.807) is 0 Å². The van der Waals surface area contributed by atoms with Crippen molar-refractivity contribution in [2.24, 2.45) is 5.10 Å². The molecule has 138 valence electrons. The van der Waals surface area contributed by atoms with Crippen LogP contribution < -0.4 is 9.91 Å². The van der Waals surface area contributed by atoms with E-state index in [1.807, 2.05) is 43.3 Å². The molecule has 0 atom stereocenters. The second kappa shape index (κ2) is 7.37. The van der Waals surface area contributed by atoms with Gasteiger partial charge in [0.15, 0.2) is 0 Å². The molecule has 0 aromatic heterocycles. The number of hydrogen-bond acceptors (Lipinski definition) is 4. The van der Waals surface area contributed by atoms with E-state index in [0.717, 1.165) is 48.8 Å². The maximum atomic E-state index is 12.9. The van der Waals surface area contributed by atoms with Crippen LogP contribution in [-0.4, -0.2) is 37.9 Å². The molecule has 0 spiro atoms. The normalized spacial score (nSPS) is 19.0. The molecule has 27 heavy (non-hydrogen) atoms. The Balaban J connectivity index is 1.60. The van der Waals surface area contributed by atoms with Crippen molar-refractivity contribution in [3.05, 3.63) is 65.2 Å². The van der Waals surface area contributed by atoms with Crippen LogP contribution in [0.5, 0.6) is 0 Å². The van der Waals surface area contributed by atoms with Gasteiger partial charge >= 0.3 is 0 Å². The number of carbonyl (C=O) groups excluding carboxylic acids is 1. The lowest BCUT2D eigenvalue weighted by atomic mass is 10.0. The molecule has 2 heterocycles. The van der Waals surface area contributed by atoms with E-state index in [9.17, 15) is 4.79 Å². The molecular formula is C22H23N3O2. The van der Waals surface area contributed by atoms with Crippen LogP contribution >= 0.6 is 0 Å². The first-order valence-electron chi connectivity index (χ1n) is 9.23. The van der Waals surface area contributed by atoms with Crippen molar-refractivity contribution in [1.82, 2.24) is 0 Å². The number of nitrogens with zero attached hydrogens (tertiary/aromatic N) is 3. The Bertz CT molecular complexity index is 912. The van der Waals surface area contributed by atoms with Crippen LogP contribution in [0.2, 0.25) is 0 Å². The molecule has 1 fully saturated rings. The van der Waals surface area contributed by atoms with E-state index in [2.05, 4.69) is 35.1 Å². The fourth-order valence-corrected chi connectivity index (χ4v) is 3.42. The predicted octanol–water partition coefficient (Wildman–Crippen LogP) is 3.64. The molecule has 1 saturated heterocycles. The molecule has 5 heteroatoms. The third-order valence-electron chi connectivity index (χ3n) is 4.99. The highest BCUT2D eigenvalue weighted by Crippen LogP contribution is 2.27. The van der Waals surface area contributed by atoms with Crippen molar-refractivity contribution in [2.75, 3.05) is 36.2 Å². The number of morpholine rings is 1. The fourth-order valence-electron chi connectivity index (χ4n) is 3.42. The third kappa shape index (κ3) is 3.51. The highest BCUT2D eigenvalue weighted by molar-refractivity contribution is 6.32. The smallest absolute Gasteiger partial charge is 0.280 e. The van der Waals surface area contributed by atoms with Crippen LogP contribution in [-0.2, 0) is 9.53 Å². The van der Waals surface area contributed by atoms with Crippen LogP contribution in [0.15, 0.2) is 59.2 Å². The number of para-hydroxylation sites is 1. The van der Waals surface area contributed by atoms with E-state index < -0.39 is 0 Å². The summed E-state index contributed by atoms with van der Waals surface area (Å²) in [7, 11) is 0. The van der Waals surface area contributed by atoms with Gasteiger partial charge < -0.3 is 9.64 Å². The molecule has 0 N–H and O–H groups in total. The predicted molar refractivity (Wildman–Crippen MR) is 109 cm³/mol. The topological polar surface area (TPSA) is 45.1 Å². The highest BCUT2D eigenvalue weighted by Gasteiger charge is 2.28. The second-order valence-corrected chi connectivity index (χ2v) is 6.84. The summed E-state index contributed by atoms with van der Waals surface area (Å²) in [5.74, 6) is -0.0876. The lowest BCUT2D eigenvalue weighted by Crippen LogP contribution is -2.36. The number of benzene rings is 2. The van der Waals surface area contributed by atoms with Crippen molar-refractivity contribution >= 4 is 29.1 Å². The van der Waals surface area contributed by atoms with Crippen LogP contribution in [0.4, 0.5) is 11.4 Å². The number of hydrazone groups is 1. The Morgan fingerprint density at radius 3 is 2.44 bits per heavy atom. The van der Waals surface area contributed by atoms with E-state index in [4.69, 9.17) is 4.74 Å². The Labute approximate surface area is 159 Å². The van der Waals surface area contributed by atoms with Crippen LogP contribution in [0.1, 0.15) is 18.1 Å². The molecule has 2 aromatic rings. The molecule has 0 bridgehead atoms. The minimum Gasteiger partial charge on any atom is -0.378 e. The summed E-state index contributed by atoms with van der Waals surface area (Å²) in [5, 5.41) is 5.92. The Hall–Kier alpha value is -2.92. The van der Waals surface area contributed by atoms with Gasteiger partial charge in [-0.2, -0.15) is 10.1 Å². The average molecular weight is 361 g/mol. The molecule has 0 aliphatic carbocycles. The largest absolute Gasteiger partial charge is 0.378 e. The van der Waals surface area contributed by atoms with Crippen LogP contribution in [0.25, 0.3) is 6.08 Å². The van der Waals surface area contributed by atoms with Gasteiger partial charge in [0.2, 0.25) is 0 Å². The van der Waals surface area contributed by atoms with Crippen molar-refractivity contribution in [2.45, 2.75) is 13.8 Å². The van der Waals surface area contributed by atoms with Gasteiger partial charge in [0.05, 0.1) is 30.2 Å². The van der Waals surface area contributed by atoms with Crippen molar-refractivity contribution in [3.63, 3.8) is 0 Å². The quantitative estimate of drug-likeness (QED) is 0.784. The number of amides is 1. The van der Waals surface area contributed by atoms with E-state index in [-0.39, 0.29) is 5.91 Å². The molecule has 1 amide bonds. The van der Waals surface area contributed by atoms with Gasteiger partial charge in [0.1, 0.15) is 0 Å². The van der Waals surface area contributed by atoms with Crippen LogP contribution in [0, 0.1) is 6.92 Å². The van der Waals surface area contributed by atoms with Gasteiger partial charge in [-0.15, -0.1) is 0 Å². The molecule has 2 aromatic carbocycles. The summed E-state index contributed by atoms with van der Waals surface area (Å²) < 4.78 is 5.43. The summed E-state index contributed by atoms with van der Waals surface area (Å²) in [6.45, 7) is 7.32. The van der Waals surface area contributed by atoms with Gasteiger partial charge in [-0.25, -0.2) is 0 Å². The lowest BCUT2D eigenvalue weighted by Gasteiger charge is -2.29. The Morgan fingerprint density at radius 2 is 1.74 bits per heavy atom. The fraction of sp³-hybridized carbons (Fsp3) is 0.273. The number of hydrogen-bond donors (Lipinski definition) is 0.